The van der Waals surface area contributed by atoms with Crippen LogP contribution in [0.25, 0.3) is 10.2 Å². The van der Waals surface area contributed by atoms with Gasteiger partial charge in [0.05, 0.1) is 14.6 Å². The fourth-order valence-corrected chi connectivity index (χ4v) is 4.52. The molecule has 12 heteroatoms. The highest BCUT2D eigenvalue weighted by atomic mass is 35.5. The van der Waals surface area contributed by atoms with Crippen LogP contribution in [0.2, 0.25) is 4.34 Å². The molecule has 31 heavy (non-hydrogen) atoms. The maximum Gasteiger partial charge on any atom is 0.506 e. The highest BCUT2D eigenvalue weighted by Crippen LogP contribution is 2.34. The maximum absolute atomic E-state index is 11.0. The normalized spacial score (nSPS) is 14.5. The van der Waals surface area contributed by atoms with Gasteiger partial charge >= 0.3 is 6.16 Å². The van der Waals surface area contributed by atoms with Gasteiger partial charge in [0.25, 0.3) is 5.69 Å². The monoisotopic (exact) mass is 463 g/mol. The molecule has 1 aliphatic rings. The average Bonchev–Trinajstić information content (AvgIpc) is 3.12. The first kappa shape index (κ1) is 21.1. The third-order valence-electron chi connectivity index (χ3n) is 4.92. The summed E-state index contributed by atoms with van der Waals surface area (Å²) in [5.41, 5.74) is 0.772. The number of ether oxygens (including phenoxy) is 1. The fraction of sp³-hybridized carbons (Fsp3) is 0.316. The molecule has 0 bridgehead atoms. The number of non-ortho nitro benzene ring substituents is 1. The maximum atomic E-state index is 11.0. The molecule has 0 unspecified atom stereocenters. The summed E-state index contributed by atoms with van der Waals surface area (Å²) in [5.74, 6) is 1.10. The Bertz CT molecular complexity index is 1130. The van der Waals surface area contributed by atoms with Crippen molar-refractivity contribution in [1.29, 1.82) is 0 Å². The second-order valence-electron chi connectivity index (χ2n) is 6.99. The average molecular weight is 464 g/mol. The summed E-state index contributed by atoms with van der Waals surface area (Å²) in [5, 5.41) is 23.8. The lowest BCUT2D eigenvalue weighted by Crippen LogP contribution is -2.38. The Morgan fingerprint density at radius 1 is 1.35 bits per heavy atom. The van der Waals surface area contributed by atoms with Crippen LogP contribution in [0.1, 0.15) is 18.4 Å². The zero-order valence-electron chi connectivity index (χ0n) is 16.2. The number of aromatic nitrogens is 2. The standard InChI is InChI=1S/C19H18ClN5O5S/c20-15-9-14-16(21-10-11-2-1-3-12(8-11)25(28)29)22-18(23-17(14)31-15)24-6-4-13(5-7-24)30-19(26)27/h1-3,8-9,13H,4-7,10H2,(H,26,27)(H,21,22,23). The van der Waals surface area contributed by atoms with Crippen LogP contribution in [0, 0.1) is 10.1 Å². The molecule has 2 aromatic heterocycles. The number of thiophene rings is 1. The van der Waals surface area contributed by atoms with Gasteiger partial charge in [-0.15, -0.1) is 11.3 Å². The van der Waals surface area contributed by atoms with E-state index in [9.17, 15) is 14.9 Å². The van der Waals surface area contributed by atoms with Crippen molar-refractivity contribution in [2.45, 2.75) is 25.5 Å². The molecule has 2 N–H and O–H groups in total. The molecule has 10 nitrogen and oxygen atoms in total. The summed E-state index contributed by atoms with van der Waals surface area (Å²) in [6, 6.07) is 8.18. The van der Waals surface area contributed by atoms with E-state index in [1.54, 1.807) is 18.2 Å². The van der Waals surface area contributed by atoms with Crippen molar-refractivity contribution < 1.29 is 19.6 Å². The number of hydrogen-bond donors (Lipinski definition) is 2. The summed E-state index contributed by atoms with van der Waals surface area (Å²) < 4.78 is 5.44. The van der Waals surface area contributed by atoms with Gasteiger partial charge in [-0.2, -0.15) is 4.98 Å². The fourth-order valence-electron chi connectivity index (χ4n) is 3.44. The first-order valence-electron chi connectivity index (χ1n) is 9.48. The molecule has 0 saturated carbocycles. The molecule has 1 aliphatic heterocycles. The highest BCUT2D eigenvalue weighted by molar-refractivity contribution is 7.22. The van der Waals surface area contributed by atoms with Gasteiger partial charge in [-0.1, -0.05) is 23.7 Å². The lowest BCUT2D eigenvalue weighted by molar-refractivity contribution is -0.384. The summed E-state index contributed by atoms with van der Waals surface area (Å²) in [6.45, 7) is 1.47. The Morgan fingerprint density at radius 3 is 2.84 bits per heavy atom. The predicted molar refractivity (Wildman–Crippen MR) is 117 cm³/mol. The van der Waals surface area contributed by atoms with Crippen LogP contribution in [-0.2, 0) is 11.3 Å². The molecular weight excluding hydrogens is 446 g/mol. The highest BCUT2D eigenvalue weighted by Gasteiger charge is 2.25. The SMILES string of the molecule is O=C(O)OC1CCN(c2nc(NCc3cccc([N+](=O)[O-])c3)c3cc(Cl)sc3n2)CC1. The van der Waals surface area contributed by atoms with Crippen LogP contribution in [0.5, 0.6) is 0 Å². The second kappa shape index (κ2) is 8.90. The molecule has 0 radical (unpaired) electrons. The number of piperidine rings is 1. The topological polar surface area (TPSA) is 131 Å². The van der Waals surface area contributed by atoms with Crippen LogP contribution >= 0.6 is 22.9 Å². The smallest absolute Gasteiger partial charge is 0.450 e. The van der Waals surface area contributed by atoms with Gasteiger partial charge in [0.15, 0.2) is 0 Å². The number of nitro benzene ring substituents is 1. The minimum atomic E-state index is -1.27. The van der Waals surface area contributed by atoms with Gasteiger partial charge in [-0.25, -0.2) is 9.78 Å². The number of rotatable bonds is 6. The van der Waals surface area contributed by atoms with Gasteiger partial charge in [0.2, 0.25) is 5.95 Å². The van der Waals surface area contributed by atoms with Crippen molar-refractivity contribution in [1.82, 2.24) is 9.97 Å². The largest absolute Gasteiger partial charge is 0.506 e. The Labute approximate surface area is 185 Å². The quantitative estimate of drug-likeness (QED) is 0.307. The first-order valence-corrected chi connectivity index (χ1v) is 10.7. The molecule has 0 aliphatic carbocycles. The number of carbonyl (C=O) groups is 1. The summed E-state index contributed by atoms with van der Waals surface area (Å²) in [4.78, 5) is 33.3. The van der Waals surface area contributed by atoms with E-state index in [0.717, 1.165) is 15.8 Å². The number of halogens is 1. The Kier molecular flexibility index (Phi) is 6.05. The molecule has 1 aromatic carbocycles. The van der Waals surface area contributed by atoms with Crippen LogP contribution in [-0.4, -0.2) is 45.3 Å². The lowest BCUT2D eigenvalue weighted by Gasteiger charge is -2.31. The van der Waals surface area contributed by atoms with E-state index >= 15 is 0 Å². The Hall–Kier alpha value is -3.18. The van der Waals surface area contributed by atoms with E-state index in [1.807, 2.05) is 4.90 Å². The van der Waals surface area contributed by atoms with E-state index in [1.165, 1.54) is 23.5 Å². The third-order valence-corrected chi connectivity index (χ3v) is 6.08. The summed E-state index contributed by atoms with van der Waals surface area (Å²) >= 11 is 7.53. The summed E-state index contributed by atoms with van der Waals surface area (Å²) in [7, 11) is 0. The van der Waals surface area contributed by atoms with Crippen LogP contribution in [0.4, 0.5) is 22.2 Å². The van der Waals surface area contributed by atoms with Crippen molar-refractivity contribution in [3.05, 3.63) is 50.3 Å². The zero-order valence-corrected chi connectivity index (χ0v) is 17.7. The molecule has 0 amide bonds. The van der Waals surface area contributed by atoms with E-state index in [2.05, 4.69) is 15.3 Å². The van der Waals surface area contributed by atoms with Crippen LogP contribution in [0.15, 0.2) is 30.3 Å². The van der Waals surface area contributed by atoms with Crippen molar-refractivity contribution >= 4 is 56.8 Å². The lowest BCUT2D eigenvalue weighted by atomic mass is 10.1. The third kappa shape index (κ3) is 4.94. The first-order chi connectivity index (χ1) is 14.9. The van der Waals surface area contributed by atoms with Crippen LogP contribution < -0.4 is 10.2 Å². The van der Waals surface area contributed by atoms with Crippen LogP contribution in [0.3, 0.4) is 0 Å². The molecule has 0 spiro atoms. The van der Waals surface area contributed by atoms with Gasteiger partial charge < -0.3 is 20.1 Å². The zero-order chi connectivity index (χ0) is 22.0. The molecule has 4 rings (SSSR count). The Morgan fingerprint density at radius 2 is 2.13 bits per heavy atom. The van der Waals surface area contributed by atoms with Crippen molar-refractivity contribution in [3.8, 4) is 0 Å². The number of benzene rings is 1. The van der Waals surface area contributed by atoms with Gasteiger partial charge in [-0.05, 0) is 11.6 Å². The number of fused-ring (bicyclic) bond motifs is 1. The second-order valence-corrected chi connectivity index (χ2v) is 8.65. The van der Waals surface area contributed by atoms with E-state index in [0.29, 0.717) is 48.6 Å². The number of nitrogens with one attached hydrogen (secondary N) is 1. The minimum Gasteiger partial charge on any atom is -0.450 e. The molecule has 1 fully saturated rings. The Balaban J connectivity index is 1.55. The molecule has 1 saturated heterocycles. The molecule has 3 heterocycles. The molecule has 3 aromatic rings. The number of nitro groups is 1. The van der Waals surface area contributed by atoms with Gasteiger partial charge in [0.1, 0.15) is 16.8 Å². The van der Waals surface area contributed by atoms with Crippen molar-refractivity contribution in [3.63, 3.8) is 0 Å². The predicted octanol–water partition coefficient (Wildman–Crippen LogP) is 4.53. The minimum absolute atomic E-state index is 0.0258. The molecule has 0 atom stereocenters. The number of anilines is 2. The van der Waals surface area contributed by atoms with Gasteiger partial charge in [-0.3, -0.25) is 10.1 Å². The summed E-state index contributed by atoms with van der Waals surface area (Å²) in [6.07, 6.45) is -0.498. The van der Waals surface area contributed by atoms with Crippen molar-refractivity contribution in [2.24, 2.45) is 0 Å². The number of nitrogens with zero attached hydrogens (tertiary/aromatic N) is 4. The molecule has 162 valence electrons. The van der Waals surface area contributed by atoms with Crippen molar-refractivity contribution in [2.75, 3.05) is 23.3 Å². The number of hydrogen-bond acceptors (Lipinski definition) is 9. The van der Waals surface area contributed by atoms with Gasteiger partial charge in [0, 0.05) is 44.6 Å². The molecular formula is C19H18ClN5O5S. The van der Waals surface area contributed by atoms with E-state index < -0.39 is 11.1 Å². The van der Waals surface area contributed by atoms with E-state index in [-0.39, 0.29) is 11.8 Å². The van der Waals surface area contributed by atoms with E-state index in [4.69, 9.17) is 21.4 Å². The number of carboxylic acid groups (broad SMARTS) is 1.